The number of methoxy groups -OCH3 is 2. The Kier molecular flexibility index (Phi) is 9.95. The Morgan fingerprint density at radius 2 is 1.37 bits per heavy atom. The SMILES string of the molecule is COc1ccc(CCN(C)CCCC2(C(C)C)c3ccccc3-c3ccccc32)cc1OC.O=S(=O)(O)O. The van der Waals surface area contributed by atoms with Crippen molar-refractivity contribution in [1.29, 1.82) is 0 Å². The summed E-state index contributed by atoms with van der Waals surface area (Å²) >= 11 is 0. The van der Waals surface area contributed by atoms with E-state index < -0.39 is 10.4 Å². The summed E-state index contributed by atoms with van der Waals surface area (Å²) in [5.41, 5.74) is 7.23. The molecule has 8 heteroatoms. The third kappa shape index (κ3) is 6.94. The fraction of sp³-hybridized carbons (Fsp3) is 0.400. The highest BCUT2D eigenvalue weighted by molar-refractivity contribution is 7.79. The lowest BCUT2D eigenvalue weighted by Gasteiger charge is -2.37. The van der Waals surface area contributed by atoms with E-state index in [-0.39, 0.29) is 5.41 Å². The smallest absolute Gasteiger partial charge is 0.394 e. The van der Waals surface area contributed by atoms with Crippen molar-refractivity contribution in [3.05, 3.63) is 83.4 Å². The summed E-state index contributed by atoms with van der Waals surface area (Å²) < 4.78 is 42.4. The van der Waals surface area contributed by atoms with Crippen molar-refractivity contribution < 1.29 is 27.0 Å². The van der Waals surface area contributed by atoms with Crippen LogP contribution in [0.4, 0.5) is 0 Å². The maximum absolute atomic E-state index is 8.74. The predicted octanol–water partition coefficient (Wildman–Crippen LogP) is 5.93. The third-order valence-electron chi connectivity index (χ3n) is 7.43. The number of nitrogens with zero attached hydrogens (tertiary/aromatic N) is 1. The molecule has 0 fully saturated rings. The van der Waals surface area contributed by atoms with Gasteiger partial charge in [-0.15, -0.1) is 0 Å². The maximum atomic E-state index is 8.74. The monoisotopic (exact) mass is 541 g/mol. The molecular formula is C30H39NO6S. The molecule has 0 atom stereocenters. The molecule has 0 bridgehead atoms. The van der Waals surface area contributed by atoms with E-state index in [0.29, 0.717) is 5.92 Å². The Bertz CT molecular complexity index is 1270. The number of likely N-dealkylation sites (N-methyl/N-ethyl adjacent to an activating group) is 1. The molecule has 1 aliphatic carbocycles. The predicted molar refractivity (Wildman–Crippen MR) is 152 cm³/mol. The second-order valence-electron chi connectivity index (χ2n) is 10.0. The first-order valence-electron chi connectivity index (χ1n) is 12.8. The van der Waals surface area contributed by atoms with Crippen molar-refractivity contribution in [2.24, 2.45) is 5.92 Å². The molecule has 4 rings (SSSR count). The number of ether oxygens (including phenoxy) is 2. The number of hydrogen-bond donors (Lipinski definition) is 2. The minimum Gasteiger partial charge on any atom is -0.493 e. The molecule has 0 spiro atoms. The van der Waals surface area contributed by atoms with Crippen LogP contribution in [0.2, 0.25) is 0 Å². The van der Waals surface area contributed by atoms with E-state index >= 15 is 0 Å². The van der Waals surface area contributed by atoms with Gasteiger partial charge in [-0.05, 0) is 78.7 Å². The van der Waals surface area contributed by atoms with Crippen molar-refractivity contribution >= 4 is 10.4 Å². The zero-order valence-corrected chi connectivity index (χ0v) is 23.7. The Labute approximate surface area is 227 Å². The molecule has 206 valence electrons. The van der Waals surface area contributed by atoms with Crippen molar-refractivity contribution in [2.75, 3.05) is 34.4 Å². The molecule has 0 unspecified atom stereocenters. The van der Waals surface area contributed by atoms with Gasteiger partial charge < -0.3 is 14.4 Å². The van der Waals surface area contributed by atoms with E-state index in [1.54, 1.807) is 14.2 Å². The van der Waals surface area contributed by atoms with Crippen LogP contribution in [-0.4, -0.2) is 56.8 Å². The molecule has 0 amide bonds. The quantitative estimate of drug-likeness (QED) is 0.307. The Morgan fingerprint density at radius 3 is 1.87 bits per heavy atom. The average Bonchev–Trinajstić information content (AvgIpc) is 3.17. The van der Waals surface area contributed by atoms with Gasteiger partial charge in [0.2, 0.25) is 0 Å². The van der Waals surface area contributed by atoms with E-state index in [9.17, 15) is 0 Å². The second kappa shape index (κ2) is 12.8. The largest absolute Gasteiger partial charge is 0.493 e. The molecule has 1 aliphatic rings. The van der Waals surface area contributed by atoms with Gasteiger partial charge in [0, 0.05) is 12.0 Å². The molecule has 0 saturated heterocycles. The lowest BCUT2D eigenvalue weighted by Crippen LogP contribution is -2.33. The molecule has 3 aromatic carbocycles. The summed E-state index contributed by atoms with van der Waals surface area (Å²) in [5.74, 6) is 2.13. The average molecular weight is 542 g/mol. The van der Waals surface area contributed by atoms with Crippen molar-refractivity contribution in [2.45, 2.75) is 38.5 Å². The summed E-state index contributed by atoms with van der Waals surface area (Å²) in [6.45, 7) is 6.89. The lowest BCUT2D eigenvalue weighted by atomic mass is 9.67. The molecule has 0 radical (unpaired) electrons. The number of benzene rings is 3. The van der Waals surface area contributed by atoms with Crippen LogP contribution in [0.3, 0.4) is 0 Å². The number of rotatable bonds is 10. The third-order valence-corrected chi connectivity index (χ3v) is 7.43. The molecule has 2 N–H and O–H groups in total. The Morgan fingerprint density at radius 1 is 0.842 bits per heavy atom. The minimum absolute atomic E-state index is 0.0946. The Hall–Kier alpha value is -2.91. The van der Waals surface area contributed by atoms with Crippen LogP contribution >= 0.6 is 0 Å². The summed E-state index contributed by atoms with van der Waals surface area (Å²) in [4.78, 5) is 2.46. The molecule has 0 saturated carbocycles. The van der Waals surface area contributed by atoms with Gasteiger partial charge in [-0.2, -0.15) is 8.42 Å². The molecule has 3 aromatic rings. The van der Waals surface area contributed by atoms with Crippen molar-refractivity contribution in [3.8, 4) is 22.6 Å². The van der Waals surface area contributed by atoms with Gasteiger partial charge in [0.15, 0.2) is 11.5 Å². The van der Waals surface area contributed by atoms with E-state index in [1.165, 1.54) is 40.7 Å². The zero-order valence-electron chi connectivity index (χ0n) is 22.8. The van der Waals surface area contributed by atoms with Crippen LogP contribution in [0.15, 0.2) is 66.7 Å². The van der Waals surface area contributed by atoms with Crippen LogP contribution in [0.1, 0.15) is 43.4 Å². The van der Waals surface area contributed by atoms with E-state index in [1.807, 2.05) is 6.07 Å². The summed E-state index contributed by atoms with van der Waals surface area (Å²) in [6, 6.07) is 24.3. The maximum Gasteiger partial charge on any atom is 0.394 e. The fourth-order valence-corrected chi connectivity index (χ4v) is 5.63. The molecule has 38 heavy (non-hydrogen) atoms. The van der Waals surface area contributed by atoms with Gasteiger partial charge in [-0.1, -0.05) is 68.4 Å². The van der Waals surface area contributed by atoms with Crippen molar-refractivity contribution in [3.63, 3.8) is 0 Å². The van der Waals surface area contributed by atoms with E-state index in [2.05, 4.69) is 86.5 Å². The number of fused-ring (bicyclic) bond motifs is 3. The first-order chi connectivity index (χ1) is 18.0. The van der Waals surface area contributed by atoms with Gasteiger partial charge in [0.25, 0.3) is 0 Å². The van der Waals surface area contributed by atoms with Gasteiger partial charge in [0.05, 0.1) is 14.2 Å². The molecule has 7 nitrogen and oxygen atoms in total. The van der Waals surface area contributed by atoms with Crippen LogP contribution < -0.4 is 9.47 Å². The normalized spacial score (nSPS) is 13.5. The van der Waals surface area contributed by atoms with E-state index in [4.69, 9.17) is 27.0 Å². The number of hydrogen-bond acceptors (Lipinski definition) is 5. The first-order valence-corrected chi connectivity index (χ1v) is 14.2. The summed E-state index contributed by atoms with van der Waals surface area (Å²) in [5, 5.41) is 0. The topological polar surface area (TPSA) is 96.3 Å². The van der Waals surface area contributed by atoms with E-state index in [0.717, 1.165) is 31.0 Å². The van der Waals surface area contributed by atoms with Gasteiger partial charge in [0.1, 0.15) is 0 Å². The van der Waals surface area contributed by atoms with Gasteiger partial charge in [-0.3, -0.25) is 9.11 Å². The lowest BCUT2D eigenvalue weighted by molar-refractivity contribution is 0.287. The summed E-state index contributed by atoms with van der Waals surface area (Å²) in [6.07, 6.45) is 3.33. The van der Waals surface area contributed by atoms with Crippen LogP contribution in [0.25, 0.3) is 11.1 Å². The standard InChI is InChI=1S/C30H37NO2.H2O4S/c1-22(2)30(26-13-8-6-11-24(26)25-12-7-9-14-27(25)30)18-10-19-31(3)20-17-23-15-16-28(32-4)29(21-23)33-5;1-5(2,3)4/h6-9,11-16,21-22H,10,17-20H2,1-5H3;(H2,1,2,3,4). The van der Waals surface area contributed by atoms with Crippen molar-refractivity contribution in [1.82, 2.24) is 4.90 Å². The van der Waals surface area contributed by atoms with Crippen LogP contribution in [0, 0.1) is 5.92 Å². The highest BCUT2D eigenvalue weighted by atomic mass is 32.3. The van der Waals surface area contributed by atoms with Crippen LogP contribution in [0.5, 0.6) is 11.5 Å². The summed E-state index contributed by atoms with van der Waals surface area (Å²) in [7, 11) is 0.938. The Balaban J connectivity index is 0.000000732. The molecule has 0 aliphatic heterocycles. The fourth-order valence-electron chi connectivity index (χ4n) is 5.63. The van der Waals surface area contributed by atoms with Crippen LogP contribution in [-0.2, 0) is 22.2 Å². The molecule has 0 aromatic heterocycles. The highest BCUT2D eigenvalue weighted by Crippen LogP contribution is 2.54. The highest BCUT2D eigenvalue weighted by Gasteiger charge is 2.44. The van der Waals surface area contributed by atoms with Gasteiger partial charge >= 0.3 is 10.4 Å². The van der Waals surface area contributed by atoms with Gasteiger partial charge in [-0.25, -0.2) is 0 Å². The second-order valence-corrected chi connectivity index (χ2v) is 10.9. The molecule has 0 heterocycles. The zero-order chi connectivity index (χ0) is 27.9. The first kappa shape index (κ1) is 29.6. The minimum atomic E-state index is -4.67. The molecular weight excluding hydrogens is 502 g/mol.